The molecule has 7 nitrogen and oxygen atoms in total. The molecule has 2 saturated heterocycles. The van der Waals surface area contributed by atoms with Gasteiger partial charge >= 0.3 is 0 Å². The number of piperidine rings is 1. The molecule has 2 aliphatic rings. The minimum absolute atomic E-state index is 0.390. The smallest absolute Gasteiger partial charge is 0.247 e. The van der Waals surface area contributed by atoms with Crippen molar-refractivity contribution in [3.05, 3.63) is 35.5 Å². The lowest BCUT2D eigenvalue weighted by Gasteiger charge is -2.37. The largest absolute Gasteiger partial charge is 0.347 e. The number of aryl methyl sites for hydroxylation is 2. The van der Waals surface area contributed by atoms with Crippen LogP contribution in [0.4, 0.5) is 17.5 Å². The number of ether oxygens (including phenoxy) is 2. The molecule has 0 unspecified atom stereocenters. The first-order valence-corrected chi connectivity index (χ1v) is 8.70. The second kappa shape index (κ2) is 6.57. The van der Waals surface area contributed by atoms with Gasteiger partial charge in [-0.2, -0.15) is 10.1 Å². The standard InChI is InChI=1S/C18H23N5O2/c1-13-3-4-15(14(2)11-13)20-16-12-19-22-17(21-16)23-7-5-18(6-8-23)24-9-10-25-18/h3-4,11-12H,5-10H2,1-2H3,(H,20,21,22). The fourth-order valence-corrected chi connectivity index (χ4v) is 3.41. The Hall–Kier alpha value is -2.25. The molecular weight excluding hydrogens is 318 g/mol. The average molecular weight is 341 g/mol. The first kappa shape index (κ1) is 16.2. The van der Waals surface area contributed by atoms with E-state index in [0.717, 1.165) is 31.6 Å². The number of rotatable bonds is 3. The van der Waals surface area contributed by atoms with E-state index in [-0.39, 0.29) is 0 Å². The maximum absolute atomic E-state index is 5.77. The molecule has 0 saturated carbocycles. The van der Waals surface area contributed by atoms with Crippen LogP contribution in [0.2, 0.25) is 0 Å². The Morgan fingerprint density at radius 1 is 1.12 bits per heavy atom. The van der Waals surface area contributed by atoms with Crippen molar-refractivity contribution in [3.8, 4) is 0 Å². The second-order valence-corrected chi connectivity index (χ2v) is 6.68. The molecule has 0 atom stereocenters. The first-order valence-electron chi connectivity index (χ1n) is 8.70. The molecule has 1 spiro atoms. The minimum atomic E-state index is -0.390. The molecule has 1 aromatic heterocycles. The van der Waals surface area contributed by atoms with Crippen molar-refractivity contribution in [1.29, 1.82) is 0 Å². The van der Waals surface area contributed by atoms with Gasteiger partial charge in [-0.1, -0.05) is 17.7 Å². The van der Waals surface area contributed by atoms with Crippen molar-refractivity contribution in [2.75, 3.05) is 36.5 Å². The van der Waals surface area contributed by atoms with Gasteiger partial charge < -0.3 is 19.7 Å². The molecule has 0 bridgehead atoms. The van der Waals surface area contributed by atoms with Crippen LogP contribution in [0.1, 0.15) is 24.0 Å². The molecule has 0 radical (unpaired) electrons. The van der Waals surface area contributed by atoms with Gasteiger partial charge in [0.05, 0.1) is 19.4 Å². The molecule has 0 amide bonds. The zero-order valence-electron chi connectivity index (χ0n) is 14.7. The molecule has 0 aliphatic carbocycles. The van der Waals surface area contributed by atoms with Crippen LogP contribution in [0.25, 0.3) is 0 Å². The second-order valence-electron chi connectivity index (χ2n) is 6.68. The lowest BCUT2D eigenvalue weighted by molar-refractivity contribution is -0.169. The first-order chi connectivity index (χ1) is 12.1. The van der Waals surface area contributed by atoms with Crippen molar-refractivity contribution in [3.63, 3.8) is 0 Å². The number of nitrogens with one attached hydrogen (secondary N) is 1. The Balaban J connectivity index is 1.46. The van der Waals surface area contributed by atoms with Crippen molar-refractivity contribution in [2.45, 2.75) is 32.5 Å². The molecule has 25 heavy (non-hydrogen) atoms. The molecule has 3 heterocycles. The Bertz CT molecular complexity index is 751. The highest BCUT2D eigenvalue weighted by molar-refractivity contribution is 5.61. The number of aromatic nitrogens is 3. The summed E-state index contributed by atoms with van der Waals surface area (Å²) in [6.45, 7) is 7.14. The van der Waals surface area contributed by atoms with Gasteiger partial charge in [0, 0.05) is 31.6 Å². The topological polar surface area (TPSA) is 72.4 Å². The quantitative estimate of drug-likeness (QED) is 0.920. The van der Waals surface area contributed by atoms with Gasteiger partial charge in [0.1, 0.15) is 0 Å². The average Bonchev–Trinajstić information content (AvgIpc) is 3.06. The maximum atomic E-state index is 5.77. The number of hydrogen-bond acceptors (Lipinski definition) is 7. The van der Waals surface area contributed by atoms with Crippen LogP contribution >= 0.6 is 0 Å². The van der Waals surface area contributed by atoms with Crippen molar-refractivity contribution in [2.24, 2.45) is 0 Å². The number of nitrogens with zero attached hydrogens (tertiary/aromatic N) is 4. The van der Waals surface area contributed by atoms with Crippen LogP contribution in [0.3, 0.4) is 0 Å². The van der Waals surface area contributed by atoms with Gasteiger partial charge in [-0.05, 0) is 25.5 Å². The summed E-state index contributed by atoms with van der Waals surface area (Å²) in [4.78, 5) is 6.77. The summed E-state index contributed by atoms with van der Waals surface area (Å²) in [5, 5.41) is 11.7. The highest BCUT2D eigenvalue weighted by Gasteiger charge is 2.40. The minimum Gasteiger partial charge on any atom is -0.347 e. The Labute approximate surface area is 147 Å². The van der Waals surface area contributed by atoms with E-state index in [9.17, 15) is 0 Å². The van der Waals surface area contributed by atoms with Crippen LogP contribution in [-0.2, 0) is 9.47 Å². The molecule has 2 aromatic rings. The van der Waals surface area contributed by atoms with E-state index in [0.29, 0.717) is 25.0 Å². The maximum Gasteiger partial charge on any atom is 0.247 e. The summed E-state index contributed by atoms with van der Waals surface area (Å²) in [6, 6.07) is 6.28. The fourth-order valence-electron chi connectivity index (χ4n) is 3.41. The Morgan fingerprint density at radius 2 is 1.88 bits per heavy atom. The zero-order valence-corrected chi connectivity index (χ0v) is 14.7. The third kappa shape index (κ3) is 3.43. The molecule has 132 valence electrons. The van der Waals surface area contributed by atoms with Gasteiger partial charge in [-0.15, -0.1) is 5.10 Å². The fraction of sp³-hybridized carbons (Fsp3) is 0.500. The van der Waals surface area contributed by atoms with E-state index in [1.165, 1.54) is 11.1 Å². The molecule has 2 fully saturated rings. The molecular formula is C18H23N5O2. The third-order valence-electron chi connectivity index (χ3n) is 4.81. The summed E-state index contributed by atoms with van der Waals surface area (Å²) in [6.07, 6.45) is 3.30. The highest BCUT2D eigenvalue weighted by atomic mass is 16.7. The summed E-state index contributed by atoms with van der Waals surface area (Å²) >= 11 is 0. The van der Waals surface area contributed by atoms with Crippen LogP contribution < -0.4 is 10.2 Å². The predicted octanol–water partition coefficient (Wildman–Crippen LogP) is 2.58. The Morgan fingerprint density at radius 3 is 2.60 bits per heavy atom. The summed E-state index contributed by atoms with van der Waals surface area (Å²) in [5.41, 5.74) is 3.45. The molecule has 4 rings (SSSR count). The summed E-state index contributed by atoms with van der Waals surface area (Å²) < 4.78 is 11.5. The highest BCUT2D eigenvalue weighted by Crippen LogP contribution is 2.32. The van der Waals surface area contributed by atoms with Crippen molar-refractivity contribution < 1.29 is 9.47 Å². The number of benzene rings is 1. The Kier molecular flexibility index (Phi) is 4.27. The van der Waals surface area contributed by atoms with Crippen molar-refractivity contribution in [1.82, 2.24) is 15.2 Å². The van der Waals surface area contributed by atoms with E-state index in [1.54, 1.807) is 6.20 Å². The SMILES string of the molecule is Cc1ccc(Nc2cnnc(N3CCC4(CC3)OCCO4)n2)c(C)c1. The van der Waals surface area contributed by atoms with Crippen molar-refractivity contribution >= 4 is 17.5 Å². The molecule has 2 aliphatic heterocycles. The van der Waals surface area contributed by atoms with Gasteiger partial charge in [-0.3, -0.25) is 0 Å². The van der Waals surface area contributed by atoms with E-state index in [2.05, 4.69) is 57.4 Å². The molecule has 1 aromatic carbocycles. The van der Waals surface area contributed by atoms with E-state index in [1.807, 2.05) is 0 Å². The predicted molar refractivity (Wildman–Crippen MR) is 95.1 cm³/mol. The molecule has 7 heteroatoms. The summed E-state index contributed by atoms with van der Waals surface area (Å²) in [7, 11) is 0. The van der Waals surface area contributed by atoms with Gasteiger partial charge in [0.15, 0.2) is 11.6 Å². The monoisotopic (exact) mass is 341 g/mol. The van der Waals surface area contributed by atoms with Gasteiger partial charge in [0.2, 0.25) is 5.95 Å². The van der Waals surface area contributed by atoms with Crippen LogP contribution in [0.15, 0.2) is 24.4 Å². The van der Waals surface area contributed by atoms with E-state index in [4.69, 9.17) is 9.47 Å². The third-order valence-corrected chi connectivity index (χ3v) is 4.81. The molecule has 1 N–H and O–H groups in total. The van der Waals surface area contributed by atoms with E-state index < -0.39 is 5.79 Å². The zero-order chi connectivity index (χ0) is 17.3. The van der Waals surface area contributed by atoms with Crippen LogP contribution in [-0.4, -0.2) is 47.3 Å². The van der Waals surface area contributed by atoms with Gasteiger partial charge in [-0.25, -0.2) is 0 Å². The lowest BCUT2D eigenvalue weighted by atomic mass is 10.0. The van der Waals surface area contributed by atoms with Gasteiger partial charge in [0.25, 0.3) is 0 Å². The van der Waals surface area contributed by atoms with Crippen LogP contribution in [0, 0.1) is 13.8 Å². The number of hydrogen-bond donors (Lipinski definition) is 1. The van der Waals surface area contributed by atoms with Crippen LogP contribution in [0.5, 0.6) is 0 Å². The summed E-state index contributed by atoms with van der Waals surface area (Å²) in [5.74, 6) is 0.951. The normalized spacial score (nSPS) is 19.4. The van der Waals surface area contributed by atoms with E-state index >= 15 is 0 Å². The lowest BCUT2D eigenvalue weighted by Crippen LogP contribution is -2.45. The number of anilines is 3.